The van der Waals surface area contributed by atoms with Gasteiger partial charge in [0.15, 0.2) is 5.78 Å². The number of amides is 1. The van der Waals surface area contributed by atoms with Gasteiger partial charge in [0, 0.05) is 11.1 Å². The van der Waals surface area contributed by atoms with E-state index in [4.69, 9.17) is 10.5 Å². The van der Waals surface area contributed by atoms with Gasteiger partial charge >= 0.3 is 0 Å². The van der Waals surface area contributed by atoms with Crippen LogP contribution in [-0.2, 0) is 4.79 Å². The fourth-order valence-corrected chi connectivity index (χ4v) is 2.50. The monoisotopic (exact) mass is 362 g/mol. The van der Waals surface area contributed by atoms with E-state index in [9.17, 15) is 9.59 Å². The molecular formula is C16H15BrN2O3. The van der Waals surface area contributed by atoms with Crippen molar-refractivity contribution in [2.24, 2.45) is 5.73 Å². The number of nitrogens with one attached hydrogen (secondary N) is 1. The van der Waals surface area contributed by atoms with E-state index in [1.54, 1.807) is 49.6 Å². The summed E-state index contributed by atoms with van der Waals surface area (Å²) in [5.41, 5.74) is 6.62. The first-order chi connectivity index (χ1) is 10.6. The molecule has 6 heteroatoms. The molecular weight excluding hydrogens is 348 g/mol. The van der Waals surface area contributed by atoms with Crippen LogP contribution in [0, 0.1) is 0 Å². The molecule has 0 bridgehead atoms. The van der Waals surface area contributed by atoms with E-state index in [-0.39, 0.29) is 18.2 Å². The van der Waals surface area contributed by atoms with Crippen molar-refractivity contribution in [1.29, 1.82) is 0 Å². The lowest BCUT2D eigenvalue weighted by Gasteiger charge is -2.10. The van der Waals surface area contributed by atoms with Crippen LogP contribution in [0.25, 0.3) is 0 Å². The summed E-state index contributed by atoms with van der Waals surface area (Å²) in [4.78, 5) is 24.1. The summed E-state index contributed by atoms with van der Waals surface area (Å²) in [6.45, 7) is -0.142. The number of ketones is 1. The van der Waals surface area contributed by atoms with Crippen molar-refractivity contribution in [2.45, 2.75) is 0 Å². The molecule has 0 unspecified atom stereocenters. The molecule has 5 nitrogen and oxygen atoms in total. The average molecular weight is 363 g/mol. The Bertz CT molecular complexity index is 716. The Morgan fingerprint density at radius 3 is 2.59 bits per heavy atom. The van der Waals surface area contributed by atoms with Crippen molar-refractivity contribution in [3.8, 4) is 5.75 Å². The maximum atomic E-state index is 12.6. The third kappa shape index (κ3) is 3.52. The van der Waals surface area contributed by atoms with E-state index in [0.29, 0.717) is 27.0 Å². The second kappa shape index (κ2) is 7.20. The number of carbonyl (C=O) groups is 2. The molecule has 2 aromatic carbocycles. The molecule has 0 heterocycles. The first kappa shape index (κ1) is 16.2. The van der Waals surface area contributed by atoms with Crippen LogP contribution in [0.3, 0.4) is 0 Å². The van der Waals surface area contributed by atoms with Gasteiger partial charge in [-0.3, -0.25) is 9.59 Å². The summed E-state index contributed by atoms with van der Waals surface area (Å²) in [6.07, 6.45) is 0. The lowest BCUT2D eigenvalue weighted by atomic mass is 10.0. The summed E-state index contributed by atoms with van der Waals surface area (Å²) < 4.78 is 5.83. The number of ether oxygens (including phenoxy) is 1. The molecule has 2 aromatic rings. The lowest BCUT2D eigenvalue weighted by Crippen LogP contribution is -2.23. The molecule has 0 radical (unpaired) electrons. The minimum absolute atomic E-state index is 0.142. The zero-order chi connectivity index (χ0) is 16.1. The number of para-hydroxylation sites is 1. The quantitative estimate of drug-likeness (QED) is 0.801. The molecule has 0 saturated carbocycles. The maximum Gasteiger partial charge on any atom is 0.238 e. The van der Waals surface area contributed by atoms with Crippen LogP contribution in [-0.4, -0.2) is 25.3 Å². The van der Waals surface area contributed by atoms with Gasteiger partial charge in [-0.25, -0.2) is 0 Å². The molecule has 1 amide bonds. The number of hydrogen-bond donors (Lipinski definition) is 2. The predicted molar refractivity (Wildman–Crippen MR) is 88.3 cm³/mol. The number of carbonyl (C=O) groups excluding carboxylic acids is 2. The first-order valence-electron chi connectivity index (χ1n) is 6.54. The number of anilines is 1. The van der Waals surface area contributed by atoms with E-state index in [1.807, 2.05) is 0 Å². The molecule has 0 saturated heterocycles. The summed E-state index contributed by atoms with van der Waals surface area (Å²) in [6, 6.07) is 11.9. The summed E-state index contributed by atoms with van der Waals surface area (Å²) >= 11 is 3.35. The molecule has 0 atom stereocenters. The van der Waals surface area contributed by atoms with Crippen LogP contribution in [0.15, 0.2) is 46.9 Å². The molecule has 0 aromatic heterocycles. The summed E-state index contributed by atoms with van der Waals surface area (Å²) in [5.74, 6) is 0.0914. The van der Waals surface area contributed by atoms with Crippen LogP contribution in [0.2, 0.25) is 0 Å². The minimum Gasteiger partial charge on any atom is -0.496 e. The number of halogens is 1. The van der Waals surface area contributed by atoms with Gasteiger partial charge in [-0.05, 0) is 46.3 Å². The molecule has 114 valence electrons. The predicted octanol–water partition coefficient (Wildman–Crippen LogP) is 2.59. The van der Waals surface area contributed by atoms with E-state index >= 15 is 0 Å². The van der Waals surface area contributed by atoms with Gasteiger partial charge in [0.1, 0.15) is 5.75 Å². The summed E-state index contributed by atoms with van der Waals surface area (Å²) in [5, 5.41) is 2.63. The van der Waals surface area contributed by atoms with Crippen molar-refractivity contribution >= 4 is 33.3 Å². The SMILES string of the molecule is COc1ccc(C(=O)c2ccccc2NC(=O)CN)cc1Br. The zero-order valence-electron chi connectivity index (χ0n) is 11.9. The standard InChI is InChI=1S/C16H15BrN2O3/c1-22-14-7-6-10(8-12(14)17)16(21)11-4-2-3-5-13(11)19-15(20)9-18/h2-8H,9,18H2,1H3,(H,19,20). The van der Waals surface area contributed by atoms with Crippen molar-refractivity contribution in [3.63, 3.8) is 0 Å². The van der Waals surface area contributed by atoms with Gasteiger partial charge in [0.05, 0.1) is 23.8 Å². The van der Waals surface area contributed by atoms with Crippen molar-refractivity contribution in [3.05, 3.63) is 58.1 Å². The van der Waals surface area contributed by atoms with Gasteiger partial charge in [-0.2, -0.15) is 0 Å². The fourth-order valence-electron chi connectivity index (χ4n) is 1.95. The van der Waals surface area contributed by atoms with Crippen LogP contribution >= 0.6 is 15.9 Å². The zero-order valence-corrected chi connectivity index (χ0v) is 13.5. The second-order valence-electron chi connectivity index (χ2n) is 4.48. The Balaban J connectivity index is 2.37. The van der Waals surface area contributed by atoms with E-state index in [0.717, 1.165) is 0 Å². The van der Waals surface area contributed by atoms with Crippen molar-refractivity contribution in [2.75, 3.05) is 19.0 Å². The Kier molecular flexibility index (Phi) is 5.30. The largest absolute Gasteiger partial charge is 0.496 e. The van der Waals surface area contributed by atoms with Crippen LogP contribution < -0.4 is 15.8 Å². The average Bonchev–Trinajstić information content (AvgIpc) is 2.54. The van der Waals surface area contributed by atoms with Crippen molar-refractivity contribution < 1.29 is 14.3 Å². The highest BCUT2D eigenvalue weighted by atomic mass is 79.9. The number of nitrogens with two attached hydrogens (primary N) is 1. The van der Waals surface area contributed by atoms with Crippen LogP contribution in [0.5, 0.6) is 5.75 Å². The maximum absolute atomic E-state index is 12.6. The highest BCUT2D eigenvalue weighted by molar-refractivity contribution is 9.10. The molecule has 0 fully saturated rings. The normalized spacial score (nSPS) is 10.1. The highest BCUT2D eigenvalue weighted by Crippen LogP contribution is 2.27. The molecule has 3 N–H and O–H groups in total. The number of rotatable bonds is 5. The second-order valence-corrected chi connectivity index (χ2v) is 5.33. The fraction of sp³-hybridized carbons (Fsp3) is 0.125. The number of methoxy groups -OCH3 is 1. The van der Waals surface area contributed by atoms with Gasteiger partial charge < -0.3 is 15.8 Å². The number of benzene rings is 2. The van der Waals surface area contributed by atoms with Gasteiger partial charge in [0.25, 0.3) is 0 Å². The highest BCUT2D eigenvalue weighted by Gasteiger charge is 2.15. The van der Waals surface area contributed by atoms with Gasteiger partial charge in [-0.1, -0.05) is 12.1 Å². The first-order valence-corrected chi connectivity index (χ1v) is 7.33. The molecule has 0 spiro atoms. The third-order valence-electron chi connectivity index (χ3n) is 3.05. The molecule has 0 aliphatic rings. The molecule has 0 aliphatic carbocycles. The van der Waals surface area contributed by atoms with E-state index < -0.39 is 0 Å². The van der Waals surface area contributed by atoms with Gasteiger partial charge in [0.2, 0.25) is 5.91 Å². The van der Waals surface area contributed by atoms with Gasteiger partial charge in [-0.15, -0.1) is 0 Å². The minimum atomic E-state index is -0.351. The van der Waals surface area contributed by atoms with Crippen LogP contribution in [0.1, 0.15) is 15.9 Å². The molecule has 0 aliphatic heterocycles. The van der Waals surface area contributed by atoms with Crippen LogP contribution in [0.4, 0.5) is 5.69 Å². The summed E-state index contributed by atoms with van der Waals surface area (Å²) in [7, 11) is 1.55. The van der Waals surface area contributed by atoms with E-state index in [2.05, 4.69) is 21.2 Å². The Labute approximate surface area is 136 Å². The Hall–Kier alpha value is -2.18. The van der Waals surface area contributed by atoms with Crippen molar-refractivity contribution in [1.82, 2.24) is 0 Å². The molecule has 2 rings (SSSR count). The Morgan fingerprint density at radius 1 is 1.23 bits per heavy atom. The lowest BCUT2D eigenvalue weighted by molar-refractivity contribution is -0.114. The molecule has 22 heavy (non-hydrogen) atoms. The van der Waals surface area contributed by atoms with E-state index in [1.165, 1.54) is 0 Å². The third-order valence-corrected chi connectivity index (χ3v) is 3.66. The smallest absolute Gasteiger partial charge is 0.238 e. The topological polar surface area (TPSA) is 81.4 Å². The number of hydrogen-bond acceptors (Lipinski definition) is 4. The Morgan fingerprint density at radius 2 is 1.95 bits per heavy atom.